The minimum Gasteiger partial charge on any atom is -0.379 e. The van der Waals surface area contributed by atoms with Gasteiger partial charge in [-0.05, 0) is 38.3 Å². The maximum absolute atomic E-state index is 5.50. The van der Waals surface area contributed by atoms with E-state index < -0.39 is 0 Å². The van der Waals surface area contributed by atoms with Crippen LogP contribution in [0.25, 0.3) is 0 Å². The number of piperidine rings is 1. The van der Waals surface area contributed by atoms with Crippen molar-refractivity contribution in [2.75, 3.05) is 39.5 Å². The quantitative estimate of drug-likeness (QED) is 0.527. The summed E-state index contributed by atoms with van der Waals surface area (Å²) in [5, 5.41) is 3.37. The van der Waals surface area contributed by atoms with E-state index in [0.717, 1.165) is 12.5 Å². The predicted octanol–water partition coefficient (Wildman–Crippen LogP) is 2.02. The number of nitrogens with one attached hydrogen (secondary N) is 1. The molecule has 0 atom stereocenters. The average molecular weight is 250 g/mol. The summed E-state index contributed by atoms with van der Waals surface area (Å²) in [6, 6.07) is 0. The highest BCUT2D eigenvalue weighted by atomic mass is 35.5. The number of hydrogen-bond donors (Lipinski definition) is 1. The molecule has 1 saturated heterocycles. The molecular weight excluding hydrogens is 226 g/mol. The molecule has 1 aliphatic heterocycles. The van der Waals surface area contributed by atoms with Gasteiger partial charge in [-0.3, -0.25) is 0 Å². The van der Waals surface area contributed by atoms with Crippen LogP contribution in [-0.2, 0) is 9.47 Å². The Morgan fingerprint density at radius 2 is 1.81 bits per heavy atom. The lowest BCUT2D eigenvalue weighted by atomic mass is 9.95. The highest BCUT2D eigenvalue weighted by Gasteiger charge is 2.11. The first-order valence-corrected chi connectivity index (χ1v) is 5.90. The average Bonchev–Trinajstić information content (AvgIpc) is 2.29. The van der Waals surface area contributed by atoms with Crippen molar-refractivity contribution in [1.82, 2.24) is 5.32 Å². The topological polar surface area (TPSA) is 30.5 Å². The van der Waals surface area contributed by atoms with Crippen molar-refractivity contribution in [2.45, 2.75) is 19.3 Å². The molecule has 0 aromatic heterocycles. The van der Waals surface area contributed by atoms with E-state index in [1.54, 1.807) is 6.08 Å². The Bertz CT molecular complexity index is 161. The molecule has 0 unspecified atom stereocenters. The molecule has 1 N–H and O–H groups in total. The van der Waals surface area contributed by atoms with Crippen LogP contribution < -0.4 is 5.32 Å². The van der Waals surface area contributed by atoms with E-state index in [4.69, 9.17) is 9.47 Å². The summed E-state index contributed by atoms with van der Waals surface area (Å²) in [6.45, 7) is 8.82. The zero-order chi connectivity index (χ0) is 10.8. The standard InChI is InChI=1S/C12H23NO2.ClH/c1-2-8-14-10-11-15-9-5-12-3-6-13-7-4-12;/h2,12-13H,1,3-11H2;1H. The molecule has 4 heteroatoms. The third-order valence-electron chi connectivity index (χ3n) is 2.74. The van der Waals surface area contributed by atoms with E-state index >= 15 is 0 Å². The minimum absolute atomic E-state index is 0. The van der Waals surface area contributed by atoms with Gasteiger partial charge in [0.25, 0.3) is 0 Å². The Hall–Kier alpha value is -0.0900. The van der Waals surface area contributed by atoms with Crippen LogP contribution in [0, 0.1) is 5.92 Å². The Morgan fingerprint density at radius 1 is 1.12 bits per heavy atom. The number of rotatable bonds is 8. The van der Waals surface area contributed by atoms with Gasteiger partial charge >= 0.3 is 0 Å². The van der Waals surface area contributed by atoms with Gasteiger partial charge in [0.05, 0.1) is 19.8 Å². The van der Waals surface area contributed by atoms with Crippen LogP contribution in [-0.4, -0.2) is 39.5 Å². The molecule has 0 aromatic carbocycles. The third-order valence-corrected chi connectivity index (χ3v) is 2.74. The summed E-state index contributed by atoms with van der Waals surface area (Å²) in [7, 11) is 0. The molecule has 1 aliphatic rings. The summed E-state index contributed by atoms with van der Waals surface area (Å²) >= 11 is 0. The number of halogens is 1. The lowest BCUT2D eigenvalue weighted by Gasteiger charge is -2.22. The molecule has 1 fully saturated rings. The molecule has 16 heavy (non-hydrogen) atoms. The van der Waals surface area contributed by atoms with E-state index in [0.29, 0.717) is 19.8 Å². The fourth-order valence-corrected chi connectivity index (χ4v) is 1.81. The van der Waals surface area contributed by atoms with Crippen molar-refractivity contribution in [3.63, 3.8) is 0 Å². The van der Waals surface area contributed by atoms with Gasteiger partial charge in [0.1, 0.15) is 0 Å². The maximum Gasteiger partial charge on any atom is 0.0704 e. The summed E-state index contributed by atoms with van der Waals surface area (Å²) in [6.07, 6.45) is 5.56. The second-order valence-corrected chi connectivity index (χ2v) is 3.96. The van der Waals surface area contributed by atoms with Gasteiger partial charge in [0.2, 0.25) is 0 Å². The normalized spacial score (nSPS) is 16.8. The van der Waals surface area contributed by atoms with Gasteiger partial charge in [0, 0.05) is 6.61 Å². The van der Waals surface area contributed by atoms with E-state index in [2.05, 4.69) is 11.9 Å². The molecule has 3 nitrogen and oxygen atoms in total. The van der Waals surface area contributed by atoms with Gasteiger partial charge in [-0.2, -0.15) is 0 Å². The van der Waals surface area contributed by atoms with Gasteiger partial charge in [-0.1, -0.05) is 6.08 Å². The molecule has 0 radical (unpaired) electrons. The van der Waals surface area contributed by atoms with Gasteiger partial charge in [0.15, 0.2) is 0 Å². The highest BCUT2D eigenvalue weighted by Crippen LogP contribution is 2.15. The molecular formula is C12H24ClNO2. The Kier molecular flexibility index (Phi) is 11.3. The van der Waals surface area contributed by atoms with Crippen LogP contribution in [0.5, 0.6) is 0 Å². The number of ether oxygens (including phenoxy) is 2. The van der Waals surface area contributed by atoms with Gasteiger partial charge in [-0.25, -0.2) is 0 Å². The first-order valence-electron chi connectivity index (χ1n) is 5.90. The predicted molar refractivity (Wildman–Crippen MR) is 69.3 cm³/mol. The highest BCUT2D eigenvalue weighted by molar-refractivity contribution is 5.85. The molecule has 1 rings (SSSR count). The third kappa shape index (κ3) is 8.11. The summed E-state index contributed by atoms with van der Waals surface area (Å²) in [5.74, 6) is 0.861. The van der Waals surface area contributed by atoms with Crippen LogP contribution in [0.15, 0.2) is 12.7 Å². The summed E-state index contributed by atoms with van der Waals surface area (Å²) in [5.41, 5.74) is 0. The molecule has 1 heterocycles. The molecule has 0 aromatic rings. The summed E-state index contributed by atoms with van der Waals surface area (Å²) in [4.78, 5) is 0. The second-order valence-electron chi connectivity index (χ2n) is 3.96. The molecule has 96 valence electrons. The van der Waals surface area contributed by atoms with Gasteiger partial charge < -0.3 is 14.8 Å². The SMILES string of the molecule is C=CCOCCOCCC1CCNCC1.Cl. The lowest BCUT2D eigenvalue weighted by Crippen LogP contribution is -2.28. The molecule has 0 aliphatic carbocycles. The Balaban J connectivity index is 0.00000225. The monoisotopic (exact) mass is 249 g/mol. The number of hydrogen-bond acceptors (Lipinski definition) is 3. The minimum atomic E-state index is 0. The van der Waals surface area contributed by atoms with E-state index in [-0.39, 0.29) is 12.4 Å². The van der Waals surface area contributed by atoms with Crippen molar-refractivity contribution in [1.29, 1.82) is 0 Å². The fourth-order valence-electron chi connectivity index (χ4n) is 1.81. The maximum atomic E-state index is 5.50. The van der Waals surface area contributed by atoms with Crippen molar-refractivity contribution in [3.8, 4) is 0 Å². The van der Waals surface area contributed by atoms with E-state index in [1.165, 1.54) is 32.4 Å². The zero-order valence-corrected chi connectivity index (χ0v) is 10.8. The molecule has 0 saturated carbocycles. The first-order chi connectivity index (χ1) is 7.43. The Morgan fingerprint density at radius 3 is 2.50 bits per heavy atom. The van der Waals surface area contributed by atoms with Crippen LogP contribution in [0.3, 0.4) is 0 Å². The second kappa shape index (κ2) is 11.4. The van der Waals surface area contributed by atoms with Crippen molar-refractivity contribution >= 4 is 12.4 Å². The largest absolute Gasteiger partial charge is 0.379 e. The molecule has 0 bridgehead atoms. The molecule has 0 spiro atoms. The molecule has 0 amide bonds. The van der Waals surface area contributed by atoms with Crippen LogP contribution >= 0.6 is 12.4 Å². The van der Waals surface area contributed by atoms with Crippen LogP contribution in [0.1, 0.15) is 19.3 Å². The van der Waals surface area contributed by atoms with Crippen molar-refractivity contribution in [3.05, 3.63) is 12.7 Å². The zero-order valence-electron chi connectivity index (χ0n) is 9.95. The van der Waals surface area contributed by atoms with E-state index in [9.17, 15) is 0 Å². The fraction of sp³-hybridized carbons (Fsp3) is 0.833. The summed E-state index contributed by atoms with van der Waals surface area (Å²) < 4.78 is 10.7. The van der Waals surface area contributed by atoms with Gasteiger partial charge in [-0.15, -0.1) is 19.0 Å². The first kappa shape index (κ1) is 15.9. The smallest absolute Gasteiger partial charge is 0.0704 e. The Labute approximate surface area is 105 Å². The van der Waals surface area contributed by atoms with Crippen molar-refractivity contribution < 1.29 is 9.47 Å². The lowest BCUT2D eigenvalue weighted by molar-refractivity contribution is 0.0510. The van der Waals surface area contributed by atoms with Crippen LogP contribution in [0.4, 0.5) is 0 Å². The van der Waals surface area contributed by atoms with Crippen LogP contribution in [0.2, 0.25) is 0 Å². The van der Waals surface area contributed by atoms with Crippen molar-refractivity contribution in [2.24, 2.45) is 5.92 Å². The van der Waals surface area contributed by atoms with E-state index in [1.807, 2.05) is 0 Å².